The Morgan fingerprint density at radius 2 is 2.10 bits per heavy atom. The van der Waals surface area contributed by atoms with Crippen molar-refractivity contribution in [1.29, 1.82) is 0 Å². The number of aryl methyl sites for hydroxylation is 1. The topological polar surface area (TPSA) is 42.2 Å². The summed E-state index contributed by atoms with van der Waals surface area (Å²) >= 11 is 7.99. The molecule has 1 heterocycles. The van der Waals surface area contributed by atoms with E-state index >= 15 is 0 Å². The highest BCUT2D eigenvalue weighted by Crippen LogP contribution is 2.29. The van der Waals surface area contributed by atoms with Crippen molar-refractivity contribution in [3.63, 3.8) is 0 Å². The highest BCUT2D eigenvalue weighted by atomic mass is 35.5. The number of likely N-dealkylation sites (N-methyl/N-ethyl adjacent to an activating group) is 1. The van der Waals surface area contributed by atoms with Crippen LogP contribution < -0.4 is 5.73 Å². The standard InChI is InChI=1S/C15H20ClN3S/c1-10(17)15(13-6-4-5-7-14(13)16)19(3)8-12-9-20-11(2)18-12/h4-7,9-10,15H,8,17H2,1-3H3. The number of nitrogens with zero attached hydrogens (tertiary/aromatic N) is 2. The summed E-state index contributed by atoms with van der Waals surface area (Å²) in [4.78, 5) is 6.72. The van der Waals surface area contributed by atoms with Gasteiger partial charge in [-0.15, -0.1) is 11.3 Å². The Labute approximate surface area is 129 Å². The van der Waals surface area contributed by atoms with Crippen LogP contribution in [0.25, 0.3) is 0 Å². The van der Waals surface area contributed by atoms with E-state index in [2.05, 4.69) is 22.3 Å². The van der Waals surface area contributed by atoms with Crippen molar-refractivity contribution in [2.45, 2.75) is 32.5 Å². The van der Waals surface area contributed by atoms with E-state index in [1.807, 2.05) is 38.1 Å². The summed E-state index contributed by atoms with van der Waals surface area (Å²) < 4.78 is 0. The molecule has 108 valence electrons. The summed E-state index contributed by atoms with van der Waals surface area (Å²) in [6.07, 6.45) is 0. The lowest BCUT2D eigenvalue weighted by molar-refractivity contribution is 0.209. The first kappa shape index (κ1) is 15.4. The minimum Gasteiger partial charge on any atom is -0.326 e. The zero-order valence-electron chi connectivity index (χ0n) is 12.0. The van der Waals surface area contributed by atoms with Gasteiger partial charge in [-0.25, -0.2) is 4.98 Å². The van der Waals surface area contributed by atoms with Gasteiger partial charge in [0.2, 0.25) is 0 Å². The molecule has 0 bridgehead atoms. The maximum absolute atomic E-state index is 6.32. The molecule has 1 aromatic carbocycles. The molecule has 0 aliphatic heterocycles. The largest absolute Gasteiger partial charge is 0.326 e. The lowest BCUT2D eigenvalue weighted by atomic mass is 9.99. The van der Waals surface area contributed by atoms with Crippen molar-refractivity contribution >= 4 is 22.9 Å². The second-order valence-corrected chi connectivity index (χ2v) is 6.57. The minimum absolute atomic E-state index is 0.0142. The Kier molecular flexibility index (Phi) is 5.16. The molecule has 0 fully saturated rings. The van der Waals surface area contributed by atoms with Crippen LogP contribution in [0.4, 0.5) is 0 Å². The van der Waals surface area contributed by atoms with Gasteiger partial charge in [-0.2, -0.15) is 0 Å². The molecule has 20 heavy (non-hydrogen) atoms. The average molecular weight is 310 g/mol. The Morgan fingerprint density at radius 3 is 2.65 bits per heavy atom. The Morgan fingerprint density at radius 1 is 1.40 bits per heavy atom. The average Bonchev–Trinajstić information content (AvgIpc) is 2.77. The molecular weight excluding hydrogens is 290 g/mol. The third-order valence-corrected chi connectivity index (χ3v) is 4.44. The van der Waals surface area contributed by atoms with Crippen LogP contribution in [0.2, 0.25) is 5.02 Å². The van der Waals surface area contributed by atoms with E-state index in [1.165, 1.54) is 0 Å². The summed E-state index contributed by atoms with van der Waals surface area (Å²) in [5, 5.41) is 3.94. The maximum Gasteiger partial charge on any atom is 0.0897 e. The van der Waals surface area contributed by atoms with Gasteiger partial charge in [0.25, 0.3) is 0 Å². The molecule has 0 saturated carbocycles. The molecule has 5 heteroatoms. The fourth-order valence-electron chi connectivity index (χ4n) is 2.47. The number of halogens is 1. The molecule has 0 radical (unpaired) electrons. The molecular formula is C15H20ClN3S. The van der Waals surface area contributed by atoms with Gasteiger partial charge in [0.15, 0.2) is 0 Å². The van der Waals surface area contributed by atoms with Gasteiger partial charge in [0.05, 0.1) is 16.7 Å². The molecule has 1 aromatic heterocycles. The molecule has 0 aliphatic rings. The fraction of sp³-hybridized carbons (Fsp3) is 0.400. The predicted octanol–water partition coefficient (Wildman–Crippen LogP) is 3.63. The van der Waals surface area contributed by atoms with Gasteiger partial charge < -0.3 is 5.73 Å². The van der Waals surface area contributed by atoms with Crippen LogP contribution in [0.15, 0.2) is 29.6 Å². The minimum atomic E-state index is -0.0142. The second-order valence-electron chi connectivity index (χ2n) is 5.10. The smallest absolute Gasteiger partial charge is 0.0897 e. The lowest BCUT2D eigenvalue weighted by Gasteiger charge is -2.31. The van der Waals surface area contributed by atoms with Crippen molar-refractivity contribution in [3.05, 3.63) is 50.9 Å². The number of thiazole rings is 1. The maximum atomic E-state index is 6.32. The van der Waals surface area contributed by atoms with Crippen molar-refractivity contribution in [2.75, 3.05) is 7.05 Å². The summed E-state index contributed by atoms with van der Waals surface area (Å²) in [7, 11) is 2.06. The van der Waals surface area contributed by atoms with Crippen LogP contribution in [0.3, 0.4) is 0 Å². The van der Waals surface area contributed by atoms with Gasteiger partial charge in [0.1, 0.15) is 0 Å². The van der Waals surface area contributed by atoms with E-state index in [9.17, 15) is 0 Å². The van der Waals surface area contributed by atoms with Crippen LogP contribution in [-0.4, -0.2) is 23.0 Å². The van der Waals surface area contributed by atoms with Crippen molar-refractivity contribution in [1.82, 2.24) is 9.88 Å². The molecule has 2 aromatic rings. The van der Waals surface area contributed by atoms with Crippen LogP contribution in [0, 0.1) is 6.92 Å². The number of rotatable bonds is 5. The monoisotopic (exact) mass is 309 g/mol. The van der Waals surface area contributed by atoms with Crippen LogP contribution in [0.1, 0.15) is 29.2 Å². The Bertz CT molecular complexity index is 568. The quantitative estimate of drug-likeness (QED) is 0.917. The van der Waals surface area contributed by atoms with E-state index in [0.717, 1.165) is 27.8 Å². The number of hydrogen-bond donors (Lipinski definition) is 1. The first-order chi connectivity index (χ1) is 9.49. The third kappa shape index (κ3) is 3.58. The van der Waals surface area contributed by atoms with E-state index < -0.39 is 0 Å². The molecule has 0 saturated heterocycles. The Balaban J connectivity index is 2.22. The highest BCUT2D eigenvalue weighted by molar-refractivity contribution is 7.09. The number of benzene rings is 1. The molecule has 2 unspecified atom stereocenters. The number of nitrogens with two attached hydrogens (primary N) is 1. The van der Waals surface area contributed by atoms with Crippen molar-refractivity contribution < 1.29 is 0 Å². The first-order valence-corrected chi connectivity index (χ1v) is 7.86. The fourth-order valence-corrected chi connectivity index (χ4v) is 3.32. The van der Waals surface area contributed by atoms with Crippen LogP contribution in [0.5, 0.6) is 0 Å². The third-order valence-electron chi connectivity index (χ3n) is 3.27. The Hall–Kier alpha value is -0.940. The van der Waals surface area contributed by atoms with Gasteiger partial charge in [-0.1, -0.05) is 29.8 Å². The van der Waals surface area contributed by atoms with Crippen LogP contribution in [-0.2, 0) is 6.54 Å². The highest BCUT2D eigenvalue weighted by Gasteiger charge is 2.23. The molecule has 2 N–H and O–H groups in total. The van der Waals surface area contributed by atoms with Gasteiger partial charge in [0, 0.05) is 23.0 Å². The van der Waals surface area contributed by atoms with E-state index in [-0.39, 0.29) is 12.1 Å². The summed E-state index contributed by atoms with van der Waals surface area (Å²) in [6, 6.07) is 7.95. The first-order valence-electron chi connectivity index (χ1n) is 6.60. The van der Waals surface area contributed by atoms with E-state index in [1.54, 1.807) is 11.3 Å². The normalized spacial score (nSPS) is 14.5. The SMILES string of the molecule is Cc1nc(CN(C)C(c2ccccc2Cl)C(C)N)cs1. The zero-order valence-corrected chi connectivity index (χ0v) is 13.6. The van der Waals surface area contributed by atoms with Crippen LogP contribution >= 0.6 is 22.9 Å². The molecule has 0 spiro atoms. The van der Waals surface area contributed by atoms with Crippen molar-refractivity contribution in [3.8, 4) is 0 Å². The molecule has 2 atom stereocenters. The molecule has 0 amide bonds. The molecule has 3 nitrogen and oxygen atoms in total. The lowest BCUT2D eigenvalue weighted by Crippen LogP contribution is -2.37. The summed E-state index contributed by atoms with van der Waals surface area (Å²) in [5.74, 6) is 0. The molecule has 0 aliphatic carbocycles. The van der Waals surface area contributed by atoms with E-state index in [4.69, 9.17) is 17.3 Å². The van der Waals surface area contributed by atoms with E-state index in [0.29, 0.717) is 0 Å². The van der Waals surface area contributed by atoms with Gasteiger partial charge in [-0.3, -0.25) is 4.90 Å². The van der Waals surface area contributed by atoms with Crippen molar-refractivity contribution in [2.24, 2.45) is 5.73 Å². The van der Waals surface area contributed by atoms with Gasteiger partial charge in [-0.05, 0) is 32.5 Å². The predicted molar refractivity (Wildman–Crippen MR) is 86.2 cm³/mol. The summed E-state index contributed by atoms with van der Waals surface area (Å²) in [5.41, 5.74) is 8.32. The van der Waals surface area contributed by atoms with Gasteiger partial charge >= 0.3 is 0 Å². The zero-order chi connectivity index (χ0) is 14.7. The molecule has 2 rings (SSSR count). The summed E-state index contributed by atoms with van der Waals surface area (Å²) in [6.45, 7) is 4.80. The number of hydrogen-bond acceptors (Lipinski definition) is 4. The number of aromatic nitrogens is 1. The second kappa shape index (κ2) is 6.68.